The number of likely N-dealkylation sites (tertiary alicyclic amines) is 1. The van der Waals surface area contributed by atoms with Crippen molar-refractivity contribution in [1.82, 2.24) is 4.90 Å². The summed E-state index contributed by atoms with van der Waals surface area (Å²) in [6.45, 7) is 21.3. The topological polar surface area (TPSA) is 99.6 Å². The second-order valence-electron chi connectivity index (χ2n) is 12.8. The third kappa shape index (κ3) is 5.39. The summed E-state index contributed by atoms with van der Waals surface area (Å²) in [6.07, 6.45) is 4.08. The molecule has 9 heteroatoms. The van der Waals surface area contributed by atoms with Crippen LogP contribution < -0.4 is 9.80 Å². The fourth-order valence-corrected chi connectivity index (χ4v) is 7.79. The zero-order valence-electron chi connectivity index (χ0n) is 26.6. The Morgan fingerprint density at radius 1 is 1.16 bits per heavy atom. The van der Waals surface area contributed by atoms with E-state index in [1.54, 1.807) is 15.9 Å². The number of hydrogen-bond acceptors (Lipinski definition) is 7. The lowest BCUT2D eigenvalue weighted by Gasteiger charge is -2.40. The van der Waals surface area contributed by atoms with E-state index in [0.717, 1.165) is 18.8 Å². The first-order chi connectivity index (χ1) is 20.4. The van der Waals surface area contributed by atoms with Crippen molar-refractivity contribution in [3.63, 3.8) is 0 Å². The molecule has 0 aliphatic carbocycles. The van der Waals surface area contributed by atoms with Gasteiger partial charge in [0.25, 0.3) is 5.91 Å². The van der Waals surface area contributed by atoms with Gasteiger partial charge in [-0.3, -0.25) is 14.4 Å². The molecule has 7 atom stereocenters. The first-order valence-electron chi connectivity index (χ1n) is 15.6. The number of ether oxygens (including phenoxy) is 2. The number of anilines is 2. The van der Waals surface area contributed by atoms with Gasteiger partial charge in [0.2, 0.25) is 5.91 Å². The van der Waals surface area contributed by atoms with Gasteiger partial charge in [-0.25, -0.2) is 0 Å². The Bertz CT molecular complexity index is 1210. The molecule has 1 aromatic rings. The van der Waals surface area contributed by atoms with E-state index in [0.29, 0.717) is 18.5 Å². The predicted octanol–water partition coefficient (Wildman–Crippen LogP) is 4.20. The quantitative estimate of drug-likeness (QED) is 0.254. The van der Waals surface area contributed by atoms with E-state index in [1.165, 1.54) is 6.08 Å². The smallest absolute Gasteiger partial charge is 0.313 e. The standard InChI is InChI=1S/C34H49N3O6/c1-9-17-36(25-15-13-24(14-16-25)35(11-3)12-4)31(40)29-34-20-23(7)33(8,43-34)28(32(41)42-18-10-2)27(34)30(39)37(29)26(21-38)19-22(5)6/h9-10,13-16,22-23,26-29,38H,1-2,11-12,17-21H2,3-8H3/t23?,26-,27+,28+,29?,33-,34?/m1/s1. The minimum Gasteiger partial charge on any atom is -0.461 e. The van der Waals surface area contributed by atoms with Crippen LogP contribution in [0.4, 0.5) is 11.4 Å². The Labute approximate surface area is 256 Å². The molecule has 0 aromatic heterocycles. The number of rotatable bonds is 14. The molecular weight excluding hydrogens is 546 g/mol. The van der Waals surface area contributed by atoms with Gasteiger partial charge in [0.05, 0.1) is 24.2 Å². The summed E-state index contributed by atoms with van der Waals surface area (Å²) in [5.41, 5.74) is -0.504. The van der Waals surface area contributed by atoms with Crippen LogP contribution in [0.25, 0.3) is 0 Å². The van der Waals surface area contributed by atoms with Crippen LogP contribution in [0.3, 0.4) is 0 Å². The molecule has 1 aromatic carbocycles. The van der Waals surface area contributed by atoms with Crippen molar-refractivity contribution >= 4 is 29.2 Å². The number of aliphatic hydroxyl groups excluding tert-OH is 1. The Morgan fingerprint density at radius 2 is 1.79 bits per heavy atom. The van der Waals surface area contributed by atoms with E-state index in [2.05, 4.69) is 31.9 Å². The zero-order valence-corrected chi connectivity index (χ0v) is 26.6. The maximum Gasteiger partial charge on any atom is 0.313 e. The molecule has 9 nitrogen and oxygen atoms in total. The largest absolute Gasteiger partial charge is 0.461 e. The van der Waals surface area contributed by atoms with Crippen molar-refractivity contribution in [2.45, 2.75) is 77.7 Å². The van der Waals surface area contributed by atoms with Crippen LogP contribution in [-0.4, -0.2) is 83.9 Å². The molecule has 2 amide bonds. The third-order valence-electron chi connectivity index (χ3n) is 9.80. The Kier molecular flexibility index (Phi) is 9.76. The SMILES string of the molecule is C=CCOC(=O)[C@@H]1[C@H]2C(=O)N([C@@H](CO)CC(C)C)C(C(=O)N(CC=C)c3ccc(N(CC)CC)cc3)C23CC(C)[C@@]1(C)O3. The van der Waals surface area contributed by atoms with E-state index in [1.807, 2.05) is 52.0 Å². The van der Waals surface area contributed by atoms with Gasteiger partial charge in [0, 0.05) is 31.0 Å². The van der Waals surface area contributed by atoms with Gasteiger partial charge in [-0.2, -0.15) is 0 Å². The highest BCUT2D eigenvalue weighted by Crippen LogP contribution is 2.65. The number of hydrogen-bond donors (Lipinski definition) is 1. The molecule has 236 valence electrons. The molecule has 0 saturated carbocycles. The molecular formula is C34H49N3O6. The number of amides is 2. The first-order valence-corrected chi connectivity index (χ1v) is 15.6. The van der Waals surface area contributed by atoms with Gasteiger partial charge in [0.1, 0.15) is 24.2 Å². The lowest BCUT2D eigenvalue weighted by atomic mass is 9.62. The summed E-state index contributed by atoms with van der Waals surface area (Å²) >= 11 is 0. The average molecular weight is 596 g/mol. The number of aliphatic hydroxyl groups is 1. The molecule has 3 aliphatic heterocycles. The average Bonchev–Trinajstić information content (AvgIpc) is 3.50. The normalized spacial score (nSPS) is 29.9. The summed E-state index contributed by atoms with van der Waals surface area (Å²) in [4.78, 5) is 48.4. The highest BCUT2D eigenvalue weighted by atomic mass is 16.6. The monoisotopic (exact) mass is 595 g/mol. The van der Waals surface area contributed by atoms with E-state index >= 15 is 0 Å². The molecule has 1 N–H and O–H groups in total. The number of carbonyl (C=O) groups is 3. The van der Waals surface area contributed by atoms with Crippen molar-refractivity contribution < 1.29 is 29.0 Å². The first kappa shape index (κ1) is 32.7. The highest BCUT2D eigenvalue weighted by molar-refractivity contribution is 6.05. The van der Waals surface area contributed by atoms with Gasteiger partial charge in [-0.05, 0) is 69.7 Å². The summed E-state index contributed by atoms with van der Waals surface area (Å²) in [7, 11) is 0. The van der Waals surface area contributed by atoms with Crippen LogP contribution in [0.2, 0.25) is 0 Å². The van der Waals surface area contributed by atoms with Crippen molar-refractivity contribution in [2.75, 3.05) is 42.6 Å². The van der Waals surface area contributed by atoms with Crippen molar-refractivity contribution in [3.8, 4) is 0 Å². The van der Waals surface area contributed by atoms with Gasteiger partial charge >= 0.3 is 5.97 Å². The van der Waals surface area contributed by atoms with Gasteiger partial charge in [-0.1, -0.05) is 39.5 Å². The minimum absolute atomic E-state index is 0.0169. The van der Waals surface area contributed by atoms with Gasteiger partial charge in [0.15, 0.2) is 0 Å². The van der Waals surface area contributed by atoms with Crippen molar-refractivity contribution in [3.05, 3.63) is 49.6 Å². The molecule has 1 spiro atoms. The fourth-order valence-electron chi connectivity index (χ4n) is 7.79. The third-order valence-corrected chi connectivity index (χ3v) is 9.80. The molecule has 3 aliphatic rings. The molecule has 2 bridgehead atoms. The van der Waals surface area contributed by atoms with Crippen molar-refractivity contribution in [1.29, 1.82) is 0 Å². The Hall–Kier alpha value is -3.17. The van der Waals surface area contributed by atoms with Crippen LogP contribution in [0.15, 0.2) is 49.6 Å². The molecule has 43 heavy (non-hydrogen) atoms. The molecule has 0 radical (unpaired) electrons. The number of esters is 1. The number of fused-ring (bicyclic) bond motifs is 1. The molecule has 3 fully saturated rings. The molecule has 3 heterocycles. The van der Waals surface area contributed by atoms with Crippen molar-refractivity contribution in [2.24, 2.45) is 23.7 Å². The predicted molar refractivity (Wildman–Crippen MR) is 168 cm³/mol. The second kappa shape index (κ2) is 12.8. The summed E-state index contributed by atoms with van der Waals surface area (Å²) in [5.74, 6) is -2.94. The second-order valence-corrected chi connectivity index (χ2v) is 12.8. The highest BCUT2D eigenvalue weighted by Gasteiger charge is 2.80. The van der Waals surface area contributed by atoms with E-state index in [9.17, 15) is 19.5 Å². The summed E-state index contributed by atoms with van der Waals surface area (Å²) in [6, 6.07) is 6.15. The number of nitrogens with zero attached hydrogens (tertiary/aromatic N) is 3. The zero-order chi connectivity index (χ0) is 31.7. The van der Waals surface area contributed by atoms with Crippen LogP contribution in [0, 0.1) is 23.7 Å². The maximum absolute atomic E-state index is 14.9. The van der Waals surface area contributed by atoms with E-state index in [4.69, 9.17) is 9.47 Å². The summed E-state index contributed by atoms with van der Waals surface area (Å²) < 4.78 is 12.3. The molecule has 4 rings (SSSR count). The van der Waals surface area contributed by atoms with Crippen LogP contribution in [0.1, 0.15) is 54.4 Å². The van der Waals surface area contributed by atoms with Crippen LogP contribution >= 0.6 is 0 Å². The molecule has 3 saturated heterocycles. The Balaban J connectivity index is 1.84. The number of carbonyl (C=O) groups excluding carboxylic acids is 3. The van der Waals surface area contributed by atoms with Crippen LogP contribution in [0.5, 0.6) is 0 Å². The lowest BCUT2D eigenvalue weighted by Crippen LogP contribution is -2.59. The van der Waals surface area contributed by atoms with E-state index < -0.39 is 41.1 Å². The number of benzene rings is 1. The fraction of sp³-hybridized carbons (Fsp3) is 0.618. The summed E-state index contributed by atoms with van der Waals surface area (Å²) in [5, 5.41) is 10.6. The Morgan fingerprint density at radius 3 is 2.33 bits per heavy atom. The van der Waals surface area contributed by atoms with Gasteiger partial charge in [-0.15, -0.1) is 6.58 Å². The van der Waals surface area contributed by atoms with Gasteiger partial charge < -0.3 is 29.3 Å². The maximum atomic E-state index is 14.9. The van der Waals surface area contributed by atoms with E-state index in [-0.39, 0.29) is 43.4 Å². The van der Waals surface area contributed by atoms with Crippen LogP contribution in [-0.2, 0) is 23.9 Å². The lowest BCUT2D eigenvalue weighted by molar-refractivity contribution is -0.161. The molecule has 3 unspecified atom stereocenters. The minimum atomic E-state index is -1.24.